The van der Waals surface area contributed by atoms with E-state index in [1.54, 1.807) is 42.5 Å². The van der Waals surface area contributed by atoms with Crippen molar-refractivity contribution in [3.63, 3.8) is 0 Å². The number of anilines is 1. The highest BCUT2D eigenvalue weighted by Gasteiger charge is 2.30. The lowest BCUT2D eigenvalue weighted by Gasteiger charge is -2.12. The molecule has 0 atom stereocenters. The van der Waals surface area contributed by atoms with Crippen LogP contribution >= 0.6 is 11.6 Å². The van der Waals surface area contributed by atoms with Gasteiger partial charge in [-0.15, -0.1) is 0 Å². The third kappa shape index (κ3) is 4.54. The van der Waals surface area contributed by atoms with Crippen LogP contribution in [0, 0.1) is 0 Å². The molecule has 136 valence electrons. The van der Waals surface area contributed by atoms with Crippen LogP contribution in [-0.2, 0) is 14.6 Å². The fourth-order valence-corrected chi connectivity index (χ4v) is 5.21. The summed E-state index contributed by atoms with van der Waals surface area (Å²) in [6.07, 6.45) is 6.37. The van der Waals surface area contributed by atoms with Crippen LogP contribution in [0.15, 0.2) is 59.5 Å². The zero-order chi connectivity index (χ0) is 18.6. The maximum Gasteiger partial charge on any atom is 0.248 e. The summed E-state index contributed by atoms with van der Waals surface area (Å²) >= 11 is 5.91. The minimum absolute atomic E-state index is 0.265. The Hall–Kier alpha value is -2.11. The summed E-state index contributed by atoms with van der Waals surface area (Å²) in [5, 5.41) is 2.99. The SMILES string of the molecule is O=C(/C=C/c1cccc(Cl)c1)Nc1cccc(S(=O)(=O)C2CCCC2)c1. The van der Waals surface area contributed by atoms with E-state index in [0.29, 0.717) is 23.6 Å². The third-order valence-electron chi connectivity index (χ3n) is 4.45. The quantitative estimate of drug-likeness (QED) is 0.753. The molecule has 0 bridgehead atoms. The van der Waals surface area contributed by atoms with E-state index in [0.717, 1.165) is 18.4 Å². The molecule has 0 aromatic heterocycles. The summed E-state index contributed by atoms with van der Waals surface area (Å²) in [7, 11) is -3.34. The maximum atomic E-state index is 12.7. The fourth-order valence-electron chi connectivity index (χ4n) is 3.11. The lowest BCUT2D eigenvalue weighted by atomic mass is 10.2. The second kappa shape index (κ2) is 8.06. The summed E-state index contributed by atoms with van der Waals surface area (Å²) in [5.41, 5.74) is 1.27. The number of amides is 1. The molecule has 1 aliphatic carbocycles. The second-order valence-corrected chi connectivity index (χ2v) is 9.02. The minimum Gasteiger partial charge on any atom is -0.322 e. The molecule has 0 saturated heterocycles. The van der Waals surface area contributed by atoms with E-state index >= 15 is 0 Å². The Balaban J connectivity index is 1.71. The van der Waals surface area contributed by atoms with Crippen molar-refractivity contribution in [2.75, 3.05) is 5.32 Å². The van der Waals surface area contributed by atoms with Crippen LogP contribution < -0.4 is 5.32 Å². The fraction of sp³-hybridized carbons (Fsp3) is 0.250. The monoisotopic (exact) mass is 389 g/mol. The molecule has 1 N–H and O–H groups in total. The van der Waals surface area contributed by atoms with Crippen LogP contribution in [0.2, 0.25) is 5.02 Å². The molecule has 26 heavy (non-hydrogen) atoms. The van der Waals surface area contributed by atoms with Crippen LogP contribution in [0.5, 0.6) is 0 Å². The summed E-state index contributed by atoms with van der Waals surface area (Å²) in [4.78, 5) is 12.4. The lowest BCUT2D eigenvalue weighted by molar-refractivity contribution is -0.111. The Labute approximate surface area is 158 Å². The van der Waals surface area contributed by atoms with Gasteiger partial charge >= 0.3 is 0 Å². The summed E-state index contributed by atoms with van der Waals surface area (Å²) in [5.74, 6) is -0.333. The molecule has 1 saturated carbocycles. The normalized spacial score (nSPS) is 15.4. The molecule has 0 aliphatic heterocycles. The van der Waals surface area contributed by atoms with Crippen molar-refractivity contribution >= 4 is 39.1 Å². The van der Waals surface area contributed by atoms with Crippen molar-refractivity contribution in [2.24, 2.45) is 0 Å². The first kappa shape index (κ1) is 18.7. The molecule has 1 aliphatic rings. The molecule has 0 unspecified atom stereocenters. The lowest BCUT2D eigenvalue weighted by Crippen LogP contribution is -2.18. The molecule has 1 fully saturated rings. The molecular formula is C20H20ClNO3S. The molecular weight excluding hydrogens is 370 g/mol. The maximum absolute atomic E-state index is 12.7. The van der Waals surface area contributed by atoms with E-state index in [1.165, 1.54) is 12.1 Å². The number of carbonyl (C=O) groups is 1. The van der Waals surface area contributed by atoms with Gasteiger partial charge in [-0.3, -0.25) is 4.79 Å². The van der Waals surface area contributed by atoms with Gasteiger partial charge in [0.2, 0.25) is 5.91 Å². The Kier molecular flexibility index (Phi) is 5.79. The van der Waals surface area contributed by atoms with Crippen LogP contribution in [0.25, 0.3) is 6.08 Å². The van der Waals surface area contributed by atoms with E-state index < -0.39 is 9.84 Å². The van der Waals surface area contributed by atoms with Gasteiger partial charge in [-0.25, -0.2) is 8.42 Å². The van der Waals surface area contributed by atoms with E-state index in [-0.39, 0.29) is 16.1 Å². The smallest absolute Gasteiger partial charge is 0.248 e. The van der Waals surface area contributed by atoms with Crippen molar-refractivity contribution in [3.05, 3.63) is 65.2 Å². The second-order valence-electron chi connectivity index (χ2n) is 6.36. The number of nitrogens with one attached hydrogen (secondary N) is 1. The van der Waals surface area contributed by atoms with Gasteiger partial charge in [0.05, 0.1) is 10.1 Å². The van der Waals surface area contributed by atoms with E-state index in [2.05, 4.69) is 5.32 Å². The van der Waals surface area contributed by atoms with Gasteiger partial charge in [0, 0.05) is 16.8 Å². The first-order chi connectivity index (χ1) is 12.4. The minimum atomic E-state index is -3.34. The molecule has 2 aromatic rings. The summed E-state index contributed by atoms with van der Waals surface area (Å²) in [6, 6.07) is 13.6. The molecule has 1 amide bonds. The zero-order valence-electron chi connectivity index (χ0n) is 14.2. The van der Waals surface area contributed by atoms with Crippen molar-refractivity contribution in [1.29, 1.82) is 0 Å². The molecule has 6 heteroatoms. The highest BCUT2D eigenvalue weighted by molar-refractivity contribution is 7.92. The number of rotatable bonds is 5. The topological polar surface area (TPSA) is 63.2 Å². The van der Waals surface area contributed by atoms with Crippen molar-refractivity contribution in [1.82, 2.24) is 0 Å². The highest BCUT2D eigenvalue weighted by atomic mass is 35.5. The number of halogens is 1. The standard InChI is InChI=1S/C20H20ClNO3S/c21-16-6-3-5-15(13-16)11-12-20(23)22-17-7-4-10-19(14-17)26(24,25)18-8-1-2-9-18/h3-7,10-14,18H,1-2,8-9H2,(H,22,23)/b12-11+. The predicted octanol–water partition coefficient (Wildman–Crippen LogP) is 4.71. The highest BCUT2D eigenvalue weighted by Crippen LogP contribution is 2.30. The average Bonchev–Trinajstić information content (AvgIpc) is 3.16. The number of carbonyl (C=O) groups excluding carboxylic acids is 1. The Morgan fingerprint density at radius 3 is 2.54 bits per heavy atom. The van der Waals surface area contributed by atoms with Gasteiger partial charge in [-0.1, -0.05) is 42.6 Å². The first-order valence-corrected chi connectivity index (χ1v) is 10.5. The Bertz CT molecular complexity index is 932. The van der Waals surface area contributed by atoms with Crippen LogP contribution in [0.3, 0.4) is 0 Å². The number of benzene rings is 2. The summed E-state index contributed by atoms with van der Waals surface area (Å²) in [6.45, 7) is 0. The zero-order valence-corrected chi connectivity index (χ0v) is 15.8. The van der Waals surface area contributed by atoms with Crippen LogP contribution in [0.4, 0.5) is 5.69 Å². The van der Waals surface area contributed by atoms with Gasteiger partial charge in [0.15, 0.2) is 9.84 Å². The molecule has 0 spiro atoms. The molecule has 4 nitrogen and oxygen atoms in total. The van der Waals surface area contributed by atoms with E-state index in [1.807, 2.05) is 6.07 Å². The first-order valence-electron chi connectivity index (χ1n) is 8.54. The van der Waals surface area contributed by atoms with Crippen LogP contribution in [-0.4, -0.2) is 19.6 Å². The number of sulfone groups is 1. The molecule has 0 radical (unpaired) electrons. The van der Waals surface area contributed by atoms with Gasteiger partial charge in [-0.05, 0) is 54.8 Å². The van der Waals surface area contributed by atoms with Gasteiger partial charge < -0.3 is 5.32 Å². The van der Waals surface area contributed by atoms with E-state index in [4.69, 9.17) is 11.6 Å². The summed E-state index contributed by atoms with van der Waals surface area (Å²) < 4.78 is 25.4. The van der Waals surface area contributed by atoms with E-state index in [9.17, 15) is 13.2 Å². The van der Waals surface area contributed by atoms with Crippen molar-refractivity contribution in [3.8, 4) is 0 Å². The Morgan fingerprint density at radius 2 is 1.81 bits per heavy atom. The molecule has 0 heterocycles. The van der Waals surface area contributed by atoms with Gasteiger partial charge in [-0.2, -0.15) is 0 Å². The average molecular weight is 390 g/mol. The number of hydrogen-bond donors (Lipinski definition) is 1. The number of hydrogen-bond acceptors (Lipinski definition) is 3. The van der Waals surface area contributed by atoms with Gasteiger partial charge in [0.1, 0.15) is 0 Å². The van der Waals surface area contributed by atoms with Crippen molar-refractivity contribution in [2.45, 2.75) is 35.8 Å². The molecule has 3 rings (SSSR count). The predicted molar refractivity (Wildman–Crippen MR) is 105 cm³/mol. The largest absolute Gasteiger partial charge is 0.322 e. The van der Waals surface area contributed by atoms with Crippen molar-refractivity contribution < 1.29 is 13.2 Å². The van der Waals surface area contributed by atoms with Crippen LogP contribution in [0.1, 0.15) is 31.2 Å². The molecule has 2 aromatic carbocycles. The van der Waals surface area contributed by atoms with Gasteiger partial charge in [0.25, 0.3) is 0 Å². The Morgan fingerprint density at radius 1 is 1.08 bits per heavy atom. The third-order valence-corrected chi connectivity index (χ3v) is 6.94.